The van der Waals surface area contributed by atoms with E-state index in [9.17, 15) is 4.79 Å². The highest BCUT2D eigenvalue weighted by atomic mass is 16.2. The molecule has 0 radical (unpaired) electrons. The molecule has 0 fully saturated rings. The molecule has 0 heterocycles. The number of benzene rings is 1. The lowest BCUT2D eigenvalue weighted by atomic mass is 10.2. The summed E-state index contributed by atoms with van der Waals surface area (Å²) in [5.74, 6) is -0.231. The van der Waals surface area contributed by atoms with E-state index in [1.165, 1.54) is 6.07 Å². The van der Waals surface area contributed by atoms with Gasteiger partial charge in [0.25, 0.3) is 0 Å². The Morgan fingerprint density at radius 1 is 1.50 bits per heavy atom. The molecule has 1 atom stereocenters. The van der Waals surface area contributed by atoms with Crippen molar-refractivity contribution in [3.63, 3.8) is 0 Å². The number of carbonyl (C=O) groups is 1. The summed E-state index contributed by atoms with van der Waals surface area (Å²) >= 11 is 0. The average Bonchev–Trinajstić information content (AvgIpc) is 2.35. The highest BCUT2D eigenvalue weighted by molar-refractivity contribution is 5.95. The van der Waals surface area contributed by atoms with E-state index in [1.807, 2.05) is 6.92 Å². The van der Waals surface area contributed by atoms with Crippen LogP contribution in [0.4, 0.5) is 5.69 Å². The monoisotopic (exact) mass is 224 g/mol. The summed E-state index contributed by atoms with van der Waals surface area (Å²) in [7, 11) is 0. The fourth-order valence-electron chi connectivity index (χ4n) is 1.29. The van der Waals surface area contributed by atoms with Gasteiger partial charge in [0.1, 0.15) is 0 Å². The molecule has 0 saturated heterocycles. The van der Waals surface area contributed by atoms with Crippen LogP contribution in [-0.2, 0) is 4.79 Å². The predicted molar refractivity (Wildman–Crippen MR) is 67.6 cm³/mol. The van der Waals surface area contributed by atoms with Crippen LogP contribution in [0.2, 0.25) is 0 Å². The molecule has 3 heteroatoms. The van der Waals surface area contributed by atoms with E-state index < -0.39 is 6.85 Å². The summed E-state index contributed by atoms with van der Waals surface area (Å²) in [6, 6.07) is 6.11. The molecule has 0 aromatic heterocycles. The van der Waals surface area contributed by atoms with E-state index in [4.69, 9.17) is 4.11 Å². The maximum atomic E-state index is 11.9. The molecule has 2 N–H and O–H groups in total. The van der Waals surface area contributed by atoms with Crippen molar-refractivity contribution in [2.75, 3.05) is 11.9 Å². The SMILES string of the molecule is [2H][13C]([2H])([2H])c1ccccc1NC(=O)C(C)NCCC. The van der Waals surface area contributed by atoms with Gasteiger partial charge in [0.2, 0.25) is 5.91 Å². The van der Waals surface area contributed by atoms with Crippen LogP contribution < -0.4 is 10.6 Å². The molecule has 1 unspecified atom stereocenters. The minimum Gasteiger partial charge on any atom is -0.324 e. The first-order chi connectivity index (χ1) is 8.86. The van der Waals surface area contributed by atoms with Crippen LogP contribution in [0.15, 0.2) is 24.3 Å². The van der Waals surface area contributed by atoms with Gasteiger partial charge in [-0.05, 0) is 38.4 Å². The third-order valence-electron chi connectivity index (χ3n) is 2.28. The molecule has 16 heavy (non-hydrogen) atoms. The van der Waals surface area contributed by atoms with E-state index in [0.717, 1.165) is 13.0 Å². The predicted octanol–water partition coefficient (Wildman–Crippen LogP) is 2.32. The normalized spacial score (nSPS) is 15.8. The minimum absolute atomic E-state index is 0.158. The molecular weight excluding hydrogens is 201 g/mol. The van der Waals surface area contributed by atoms with Crippen molar-refractivity contribution in [3.05, 3.63) is 29.8 Å². The molecule has 1 amide bonds. The van der Waals surface area contributed by atoms with Crippen molar-refractivity contribution in [1.82, 2.24) is 5.32 Å². The highest BCUT2D eigenvalue weighted by Crippen LogP contribution is 2.13. The summed E-state index contributed by atoms with van der Waals surface area (Å²) in [4.78, 5) is 11.9. The quantitative estimate of drug-likeness (QED) is 0.754. The third-order valence-corrected chi connectivity index (χ3v) is 2.28. The molecule has 3 nitrogen and oxygen atoms in total. The second kappa shape index (κ2) is 6.28. The Kier molecular flexibility index (Phi) is 3.44. The zero-order valence-electron chi connectivity index (χ0n) is 12.7. The Balaban J connectivity index is 2.80. The van der Waals surface area contributed by atoms with Gasteiger partial charge < -0.3 is 10.6 Å². The molecule has 0 aliphatic carbocycles. The van der Waals surface area contributed by atoms with E-state index >= 15 is 0 Å². The van der Waals surface area contributed by atoms with Gasteiger partial charge in [0.15, 0.2) is 0 Å². The van der Waals surface area contributed by atoms with Gasteiger partial charge >= 0.3 is 0 Å². The fourth-order valence-corrected chi connectivity index (χ4v) is 1.29. The Morgan fingerprint density at radius 2 is 2.25 bits per heavy atom. The largest absolute Gasteiger partial charge is 0.324 e. The first kappa shape index (κ1) is 8.76. The molecule has 1 aromatic rings. The van der Waals surface area contributed by atoms with Crippen molar-refractivity contribution in [3.8, 4) is 0 Å². The standard InChI is InChI=1S/C13H20N2O/c1-4-9-14-11(3)13(16)15-12-8-6-5-7-10(12)2/h5-8,11,14H,4,9H2,1-3H3,(H,15,16)/i2+1D3. The third kappa shape index (κ3) is 3.66. The number of carbonyl (C=O) groups excluding carboxylic acids is 1. The van der Waals surface area contributed by atoms with Crippen molar-refractivity contribution < 1.29 is 8.91 Å². The number of nitrogens with one attached hydrogen (secondary N) is 2. The van der Waals surface area contributed by atoms with Crippen LogP contribution in [0.3, 0.4) is 0 Å². The summed E-state index contributed by atoms with van der Waals surface area (Å²) in [5.41, 5.74) is 0.503. The second-order valence-electron chi connectivity index (χ2n) is 3.71. The molecular formula is C13H20N2O. The van der Waals surface area contributed by atoms with Gasteiger partial charge in [-0.25, -0.2) is 0 Å². The molecule has 1 aromatic carbocycles. The summed E-state index contributed by atoms with van der Waals surface area (Å²) in [6.45, 7) is 2.28. The zero-order chi connectivity index (χ0) is 14.5. The van der Waals surface area contributed by atoms with Gasteiger partial charge in [-0.2, -0.15) is 0 Å². The van der Waals surface area contributed by atoms with Gasteiger partial charge in [-0.3, -0.25) is 4.79 Å². The number of para-hydroxylation sites is 1. The highest BCUT2D eigenvalue weighted by Gasteiger charge is 2.11. The van der Waals surface area contributed by atoms with Gasteiger partial charge in [0, 0.05) is 9.80 Å². The van der Waals surface area contributed by atoms with Crippen LogP contribution in [0.1, 0.15) is 29.9 Å². The smallest absolute Gasteiger partial charge is 0.241 e. The Morgan fingerprint density at radius 3 is 2.94 bits per heavy atom. The molecule has 88 valence electrons. The van der Waals surface area contributed by atoms with Crippen LogP contribution >= 0.6 is 0 Å². The molecule has 0 saturated carbocycles. The van der Waals surface area contributed by atoms with Crippen LogP contribution in [0, 0.1) is 6.85 Å². The lowest BCUT2D eigenvalue weighted by molar-refractivity contribution is -0.117. The summed E-state index contributed by atoms with van der Waals surface area (Å²) < 4.78 is 22.3. The number of amides is 1. The number of rotatable bonds is 5. The van der Waals surface area contributed by atoms with E-state index in [2.05, 4.69) is 10.6 Å². The Bertz CT molecular complexity index is 432. The maximum absolute atomic E-state index is 11.9. The first-order valence-electron chi connectivity index (χ1n) is 7.00. The fraction of sp³-hybridized carbons (Fsp3) is 0.462. The minimum atomic E-state index is -2.23. The Labute approximate surface area is 101 Å². The van der Waals surface area contributed by atoms with Crippen LogP contribution in [0.5, 0.6) is 0 Å². The van der Waals surface area contributed by atoms with Gasteiger partial charge in [-0.1, -0.05) is 25.1 Å². The van der Waals surface area contributed by atoms with E-state index in [0.29, 0.717) is 5.69 Å². The number of anilines is 1. The molecule has 0 spiro atoms. The lowest BCUT2D eigenvalue weighted by Crippen LogP contribution is -2.38. The van der Waals surface area contributed by atoms with E-state index in [1.54, 1.807) is 25.1 Å². The maximum Gasteiger partial charge on any atom is 0.241 e. The summed E-state index contributed by atoms with van der Waals surface area (Å²) in [6.07, 6.45) is 0.934. The van der Waals surface area contributed by atoms with Gasteiger partial charge in [-0.15, -0.1) is 0 Å². The topological polar surface area (TPSA) is 41.1 Å². The number of aryl methyl sites for hydroxylation is 1. The first-order valence-corrected chi connectivity index (χ1v) is 5.50. The second-order valence-corrected chi connectivity index (χ2v) is 3.71. The zero-order valence-corrected chi connectivity index (χ0v) is 9.71. The van der Waals surface area contributed by atoms with Crippen LogP contribution in [0.25, 0.3) is 0 Å². The van der Waals surface area contributed by atoms with Gasteiger partial charge in [0.05, 0.1) is 6.04 Å². The van der Waals surface area contributed by atoms with Crippen molar-refractivity contribution in [2.45, 2.75) is 33.2 Å². The molecule has 0 aliphatic heterocycles. The molecule has 1 rings (SSSR count). The van der Waals surface area contributed by atoms with Crippen molar-refractivity contribution in [1.29, 1.82) is 0 Å². The number of hydrogen-bond donors (Lipinski definition) is 2. The lowest BCUT2D eigenvalue weighted by Gasteiger charge is -2.14. The Hall–Kier alpha value is -1.35. The van der Waals surface area contributed by atoms with Crippen molar-refractivity contribution >= 4 is 11.6 Å². The summed E-state index contributed by atoms with van der Waals surface area (Å²) in [5, 5.41) is 5.72. The van der Waals surface area contributed by atoms with Crippen molar-refractivity contribution in [2.24, 2.45) is 0 Å². The van der Waals surface area contributed by atoms with Crippen LogP contribution in [-0.4, -0.2) is 18.5 Å². The number of hydrogen-bond acceptors (Lipinski definition) is 2. The van der Waals surface area contributed by atoms with E-state index in [-0.39, 0.29) is 17.5 Å². The molecule has 0 aliphatic rings. The molecule has 0 bridgehead atoms. The average molecular weight is 224 g/mol.